The Bertz CT molecular complexity index is 1040. The first kappa shape index (κ1) is 27.0. The zero-order valence-electron chi connectivity index (χ0n) is 21.5. The molecule has 0 radical (unpaired) electrons. The molecule has 0 atom stereocenters. The molecule has 3 rings (SSSR count). The van der Waals surface area contributed by atoms with Crippen LogP contribution in [0, 0.1) is 11.5 Å². The van der Waals surface area contributed by atoms with Crippen molar-refractivity contribution in [3.63, 3.8) is 0 Å². The highest BCUT2D eigenvalue weighted by Gasteiger charge is 2.39. The number of ether oxygens (including phenoxy) is 2. The van der Waals surface area contributed by atoms with E-state index in [9.17, 15) is 10.1 Å². The number of nitrogens with one attached hydrogen (secondary N) is 2. The normalized spacial score (nSPS) is 19.7. The van der Waals surface area contributed by atoms with Gasteiger partial charge in [0.05, 0.1) is 19.3 Å². The molecule has 1 amide bonds. The minimum Gasteiger partial charge on any atom is -0.496 e. The predicted octanol–water partition coefficient (Wildman–Crippen LogP) is 3.70. The van der Waals surface area contributed by atoms with Crippen LogP contribution in [0.3, 0.4) is 0 Å². The first-order valence-electron chi connectivity index (χ1n) is 12.5. The maximum absolute atomic E-state index is 13.1. The molecule has 1 aliphatic rings. The summed E-state index contributed by atoms with van der Waals surface area (Å²) >= 11 is 0. The number of nitriles is 1. The molecule has 2 aromatic rings. The Morgan fingerprint density at radius 1 is 1.14 bits per heavy atom. The van der Waals surface area contributed by atoms with Gasteiger partial charge in [-0.25, -0.2) is 0 Å². The Morgan fingerprint density at radius 3 is 2.47 bits per heavy atom. The monoisotopic (exact) mass is 491 g/mol. The summed E-state index contributed by atoms with van der Waals surface area (Å²) in [5.74, 6) is 1.02. The second kappa shape index (κ2) is 13.5. The summed E-state index contributed by atoms with van der Waals surface area (Å²) in [5.41, 5.74) is 1.57. The first-order valence-corrected chi connectivity index (χ1v) is 12.5. The highest BCUT2D eigenvalue weighted by molar-refractivity contribution is 5.97. The molecule has 0 heterocycles. The van der Waals surface area contributed by atoms with E-state index in [2.05, 4.69) is 44.8 Å². The van der Waals surface area contributed by atoms with Crippen molar-refractivity contribution in [3.8, 4) is 11.9 Å². The van der Waals surface area contributed by atoms with E-state index in [0.717, 1.165) is 25.7 Å². The molecule has 0 spiro atoms. The first-order chi connectivity index (χ1) is 17.6. The van der Waals surface area contributed by atoms with Gasteiger partial charge >= 0.3 is 0 Å². The Labute approximate surface area is 214 Å². The van der Waals surface area contributed by atoms with Gasteiger partial charge in [0, 0.05) is 38.2 Å². The van der Waals surface area contributed by atoms with Crippen molar-refractivity contribution in [2.75, 3.05) is 40.5 Å². The molecule has 0 bridgehead atoms. The lowest BCUT2D eigenvalue weighted by Gasteiger charge is -2.44. The van der Waals surface area contributed by atoms with Crippen molar-refractivity contribution in [2.45, 2.75) is 44.1 Å². The third-order valence-corrected chi connectivity index (χ3v) is 6.96. The summed E-state index contributed by atoms with van der Waals surface area (Å²) in [6.45, 7) is 4.27. The summed E-state index contributed by atoms with van der Waals surface area (Å²) in [5, 5.41) is 15.2. The smallest absolute Gasteiger partial charge is 0.255 e. The minimum absolute atomic E-state index is 0.137. The van der Waals surface area contributed by atoms with Crippen LogP contribution in [-0.2, 0) is 10.2 Å². The molecule has 8 nitrogen and oxygen atoms in total. The van der Waals surface area contributed by atoms with Crippen molar-refractivity contribution in [1.29, 1.82) is 5.26 Å². The predicted molar refractivity (Wildman–Crippen MR) is 141 cm³/mol. The van der Waals surface area contributed by atoms with E-state index in [0.29, 0.717) is 43.5 Å². The van der Waals surface area contributed by atoms with Gasteiger partial charge in [0.2, 0.25) is 5.96 Å². The summed E-state index contributed by atoms with van der Waals surface area (Å²) in [4.78, 5) is 19.8. The number of carbonyl (C=O) groups excluding carboxylic acids is 1. The Morgan fingerprint density at radius 2 is 1.83 bits per heavy atom. The van der Waals surface area contributed by atoms with E-state index in [-0.39, 0.29) is 17.4 Å². The number of para-hydroxylation sites is 1. The van der Waals surface area contributed by atoms with Crippen molar-refractivity contribution < 1.29 is 14.3 Å². The van der Waals surface area contributed by atoms with Gasteiger partial charge in [0.15, 0.2) is 6.19 Å². The van der Waals surface area contributed by atoms with E-state index < -0.39 is 0 Å². The van der Waals surface area contributed by atoms with Crippen LogP contribution in [0.4, 0.5) is 0 Å². The van der Waals surface area contributed by atoms with E-state index in [4.69, 9.17) is 9.47 Å². The molecule has 1 saturated carbocycles. The van der Waals surface area contributed by atoms with Gasteiger partial charge in [-0.05, 0) is 50.3 Å². The summed E-state index contributed by atoms with van der Waals surface area (Å²) in [6, 6.07) is 17.9. The zero-order valence-corrected chi connectivity index (χ0v) is 21.5. The van der Waals surface area contributed by atoms with Crippen LogP contribution in [0.5, 0.6) is 5.75 Å². The van der Waals surface area contributed by atoms with Crippen LogP contribution in [0.1, 0.15) is 48.5 Å². The lowest BCUT2D eigenvalue weighted by atomic mass is 9.67. The van der Waals surface area contributed by atoms with Gasteiger partial charge in [-0.15, -0.1) is 0 Å². The molecule has 36 heavy (non-hydrogen) atoms. The molecule has 0 aromatic heterocycles. The number of hydrogen-bond acceptors (Lipinski definition) is 5. The highest BCUT2D eigenvalue weighted by atomic mass is 16.5. The average molecular weight is 492 g/mol. The topological polar surface area (TPSA) is 99.0 Å². The molecule has 1 aliphatic carbocycles. The van der Waals surface area contributed by atoms with Crippen LogP contribution in [0.15, 0.2) is 59.6 Å². The number of benzene rings is 2. The fraction of sp³-hybridized carbons (Fsp3) is 0.464. The van der Waals surface area contributed by atoms with Crippen molar-refractivity contribution in [2.24, 2.45) is 4.99 Å². The third kappa shape index (κ3) is 6.55. The van der Waals surface area contributed by atoms with Crippen LogP contribution in [0.25, 0.3) is 0 Å². The number of amides is 1. The van der Waals surface area contributed by atoms with E-state index in [1.165, 1.54) is 5.56 Å². The van der Waals surface area contributed by atoms with E-state index in [1.54, 1.807) is 26.4 Å². The Balaban J connectivity index is 1.80. The second-order valence-electron chi connectivity index (χ2n) is 8.98. The number of rotatable bonds is 10. The number of guanidine groups is 1. The molecule has 0 aliphatic heterocycles. The average Bonchev–Trinajstić information content (AvgIpc) is 2.93. The molecule has 1 fully saturated rings. The van der Waals surface area contributed by atoms with Crippen LogP contribution in [-0.4, -0.2) is 63.3 Å². The standard InChI is InChI=1S/C28H37N5O3/c1-4-30-27(32-21-29)33(18-19-35-2)23-14-16-28(17-15-23,22-10-6-5-7-11-22)20-31-26(34)24-12-8-9-13-25(24)36-3/h5-13,23H,4,14-20H2,1-3H3,(H,30,32)(H,31,34). The zero-order chi connectivity index (χ0) is 25.8. The van der Waals surface area contributed by atoms with Gasteiger partial charge in [0.25, 0.3) is 5.91 Å². The van der Waals surface area contributed by atoms with Gasteiger partial charge in [-0.2, -0.15) is 5.26 Å². The highest BCUT2D eigenvalue weighted by Crippen LogP contribution is 2.40. The summed E-state index contributed by atoms with van der Waals surface area (Å²) in [7, 11) is 3.25. The maximum atomic E-state index is 13.1. The third-order valence-electron chi connectivity index (χ3n) is 6.96. The lowest BCUT2D eigenvalue weighted by molar-refractivity contribution is 0.0920. The Hall–Kier alpha value is -3.57. The largest absolute Gasteiger partial charge is 0.496 e. The second-order valence-corrected chi connectivity index (χ2v) is 8.98. The van der Waals surface area contributed by atoms with Gasteiger partial charge < -0.3 is 19.7 Å². The van der Waals surface area contributed by atoms with E-state index in [1.807, 2.05) is 31.3 Å². The molecule has 0 saturated heterocycles. The molecule has 2 aromatic carbocycles. The molecule has 2 N–H and O–H groups in total. The van der Waals surface area contributed by atoms with Gasteiger partial charge in [0.1, 0.15) is 5.75 Å². The maximum Gasteiger partial charge on any atom is 0.255 e. The SMILES string of the molecule is CC/N=C(/NC#N)N(CCOC)C1CCC(CNC(=O)c2ccccc2OC)(c2ccccc2)CC1. The summed E-state index contributed by atoms with van der Waals surface area (Å²) < 4.78 is 10.7. The van der Waals surface area contributed by atoms with Crippen LogP contribution < -0.4 is 15.4 Å². The van der Waals surface area contributed by atoms with Crippen LogP contribution in [0.2, 0.25) is 0 Å². The molecular formula is C28H37N5O3. The number of methoxy groups -OCH3 is 2. The number of aliphatic imine (C=N–C) groups is 1. The van der Waals surface area contributed by atoms with Crippen molar-refractivity contribution in [3.05, 3.63) is 65.7 Å². The molecular weight excluding hydrogens is 454 g/mol. The van der Waals surface area contributed by atoms with Crippen molar-refractivity contribution >= 4 is 11.9 Å². The van der Waals surface area contributed by atoms with Gasteiger partial charge in [-0.1, -0.05) is 42.5 Å². The quantitative estimate of drug-likeness (QED) is 0.228. The van der Waals surface area contributed by atoms with Crippen molar-refractivity contribution in [1.82, 2.24) is 15.5 Å². The van der Waals surface area contributed by atoms with E-state index >= 15 is 0 Å². The minimum atomic E-state index is -0.187. The molecule has 0 unspecified atom stereocenters. The number of nitrogens with zero attached hydrogens (tertiary/aromatic N) is 3. The number of hydrogen-bond donors (Lipinski definition) is 2. The van der Waals surface area contributed by atoms with Crippen LogP contribution >= 0.6 is 0 Å². The molecule has 192 valence electrons. The fourth-order valence-corrected chi connectivity index (χ4v) is 5.06. The van der Waals surface area contributed by atoms with Gasteiger partial charge in [-0.3, -0.25) is 15.1 Å². The fourth-order valence-electron chi connectivity index (χ4n) is 5.06. The molecule has 8 heteroatoms. The lowest BCUT2D eigenvalue weighted by Crippen LogP contribution is -2.52. The number of carbonyl (C=O) groups is 1. The summed E-state index contributed by atoms with van der Waals surface area (Å²) in [6.07, 6.45) is 5.62. The Kier molecular flexibility index (Phi) is 10.1.